The largest absolute Gasteiger partial charge is 0.208 e. The molecule has 0 amide bonds. The minimum absolute atomic E-state index is 0.117. The zero-order chi connectivity index (χ0) is 32.6. The van der Waals surface area contributed by atoms with Crippen molar-refractivity contribution in [3.63, 3.8) is 0 Å². The number of rotatable bonds is 4. The second-order valence-electron chi connectivity index (χ2n) is 14.1. The van der Waals surface area contributed by atoms with Gasteiger partial charge in [0.2, 0.25) is 0 Å². The Morgan fingerprint density at radius 1 is 0.312 bits per heavy atom. The molecule has 2 aliphatic carbocycles. The number of fused-ring (bicyclic) bond motifs is 6. The molecule has 1 aromatic heterocycles. The van der Waals surface area contributed by atoms with E-state index in [2.05, 4.69) is 161 Å². The van der Waals surface area contributed by atoms with Gasteiger partial charge in [-0.25, -0.2) is 15.0 Å². The van der Waals surface area contributed by atoms with Crippen LogP contribution < -0.4 is 0 Å². The van der Waals surface area contributed by atoms with Crippen LogP contribution in [0.1, 0.15) is 49.9 Å². The smallest absolute Gasteiger partial charge is 0.164 e. The predicted molar refractivity (Wildman–Crippen MR) is 197 cm³/mol. The molecule has 0 aliphatic heterocycles. The van der Waals surface area contributed by atoms with Crippen molar-refractivity contribution in [2.75, 3.05) is 0 Å². The molecule has 7 aromatic rings. The van der Waals surface area contributed by atoms with Crippen LogP contribution in [0, 0.1) is 0 Å². The van der Waals surface area contributed by atoms with Gasteiger partial charge in [0.25, 0.3) is 0 Å². The average molecular weight is 618 g/mol. The zero-order valence-electron chi connectivity index (χ0n) is 27.6. The average Bonchev–Trinajstić information content (AvgIpc) is 3.51. The van der Waals surface area contributed by atoms with Gasteiger partial charge in [0.15, 0.2) is 17.5 Å². The molecule has 230 valence electrons. The van der Waals surface area contributed by atoms with Crippen molar-refractivity contribution >= 4 is 0 Å². The minimum atomic E-state index is -0.117. The summed E-state index contributed by atoms with van der Waals surface area (Å²) < 4.78 is 0. The van der Waals surface area contributed by atoms with Crippen LogP contribution >= 0.6 is 0 Å². The van der Waals surface area contributed by atoms with Gasteiger partial charge >= 0.3 is 0 Å². The third-order valence-electron chi connectivity index (χ3n) is 10.6. The molecule has 6 aromatic carbocycles. The standard InChI is InChI=1S/C45H35N3/c1-44(2)37-16-10-8-14-33(37)35-24-22-31(26-39(35)44)42-46-41(30-20-18-29(19-21-30)28-12-6-5-7-13-28)47-43(48-42)32-23-25-36-34-15-9-11-17-38(34)45(3,4)40(36)27-32/h5-27H,1-4H3. The molecule has 1 heterocycles. The number of nitrogens with zero attached hydrogens (tertiary/aromatic N) is 3. The molecule has 48 heavy (non-hydrogen) atoms. The maximum atomic E-state index is 5.19. The summed E-state index contributed by atoms with van der Waals surface area (Å²) in [6.45, 7) is 9.24. The molecule has 0 unspecified atom stereocenters. The van der Waals surface area contributed by atoms with Crippen LogP contribution in [0.4, 0.5) is 0 Å². The number of hydrogen-bond donors (Lipinski definition) is 0. The van der Waals surface area contributed by atoms with Gasteiger partial charge < -0.3 is 0 Å². The van der Waals surface area contributed by atoms with E-state index in [4.69, 9.17) is 15.0 Å². The summed E-state index contributed by atoms with van der Waals surface area (Å²) in [6.07, 6.45) is 0. The molecule has 3 nitrogen and oxygen atoms in total. The number of hydrogen-bond acceptors (Lipinski definition) is 3. The molecular formula is C45H35N3. The van der Waals surface area contributed by atoms with E-state index in [0.29, 0.717) is 17.5 Å². The summed E-state index contributed by atoms with van der Waals surface area (Å²) in [5, 5.41) is 0. The second kappa shape index (κ2) is 10.4. The molecule has 0 spiro atoms. The van der Waals surface area contributed by atoms with E-state index in [0.717, 1.165) is 22.3 Å². The minimum Gasteiger partial charge on any atom is -0.208 e. The lowest BCUT2D eigenvalue weighted by Gasteiger charge is -2.22. The Hall–Kier alpha value is -5.67. The van der Waals surface area contributed by atoms with E-state index in [9.17, 15) is 0 Å². The van der Waals surface area contributed by atoms with Crippen LogP contribution in [-0.4, -0.2) is 15.0 Å². The summed E-state index contributed by atoms with van der Waals surface area (Å²) in [4.78, 5) is 15.5. The maximum Gasteiger partial charge on any atom is 0.164 e. The third kappa shape index (κ3) is 4.31. The fourth-order valence-electron chi connectivity index (χ4n) is 7.89. The lowest BCUT2D eigenvalue weighted by atomic mass is 9.82. The number of benzene rings is 6. The van der Waals surface area contributed by atoms with Gasteiger partial charge in [0, 0.05) is 27.5 Å². The lowest BCUT2D eigenvalue weighted by molar-refractivity contribution is 0.660. The van der Waals surface area contributed by atoms with E-state index in [-0.39, 0.29) is 10.8 Å². The monoisotopic (exact) mass is 617 g/mol. The predicted octanol–water partition coefficient (Wildman–Crippen LogP) is 11.2. The molecule has 0 atom stereocenters. The van der Waals surface area contributed by atoms with Gasteiger partial charge in [-0.1, -0.05) is 155 Å². The molecule has 2 aliphatic rings. The highest BCUT2D eigenvalue weighted by Gasteiger charge is 2.37. The molecule has 0 bridgehead atoms. The number of aromatic nitrogens is 3. The Morgan fingerprint density at radius 2 is 0.667 bits per heavy atom. The molecule has 0 fully saturated rings. The van der Waals surface area contributed by atoms with Crippen molar-refractivity contribution in [2.45, 2.75) is 38.5 Å². The molecular weight excluding hydrogens is 583 g/mol. The maximum absolute atomic E-state index is 5.19. The second-order valence-corrected chi connectivity index (χ2v) is 14.1. The Bertz CT molecular complexity index is 2260. The van der Waals surface area contributed by atoms with Crippen LogP contribution in [0.15, 0.2) is 140 Å². The van der Waals surface area contributed by atoms with E-state index >= 15 is 0 Å². The quantitative estimate of drug-likeness (QED) is 0.197. The van der Waals surface area contributed by atoms with E-state index < -0.39 is 0 Å². The highest BCUT2D eigenvalue weighted by molar-refractivity contribution is 5.85. The first-order chi connectivity index (χ1) is 23.3. The molecule has 0 saturated heterocycles. The van der Waals surface area contributed by atoms with Gasteiger partial charge in [0.05, 0.1) is 0 Å². The molecule has 0 N–H and O–H groups in total. The van der Waals surface area contributed by atoms with Gasteiger partial charge in [-0.05, 0) is 67.8 Å². The van der Waals surface area contributed by atoms with Crippen molar-refractivity contribution in [3.8, 4) is 67.5 Å². The van der Waals surface area contributed by atoms with Gasteiger partial charge in [-0.2, -0.15) is 0 Å². The zero-order valence-corrected chi connectivity index (χ0v) is 27.6. The van der Waals surface area contributed by atoms with Crippen molar-refractivity contribution in [2.24, 2.45) is 0 Å². The van der Waals surface area contributed by atoms with Crippen LogP contribution in [0.5, 0.6) is 0 Å². The van der Waals surface area contributed by atoms with E-state index in [1.54, 1.807) is 0 Å². The summed E-state index contributed by atoms with van der Waals surface area (Å²) in [7, 11) is 0. The Balaban J connectivity index is 1.20. The lowest BCUT2D eigenvalue weighted by Crippen LogP contribution is -2.15. The van der Waals surface area contributed by atoms with Crippen LogP contribution in [0.25, 0.3) is 67.5 Å². The Kier molecular flexibility index (Phi) is 6.20. The SMILES string of the molecule is CC1(C)c2ccccc2-c2ccc(-c3nc(-c4ccc(-c5ccccc5)cc4)nc(-c4ccc5c(c4)C(C)(C)c4ccccc4-5)n3)cc21. The van der Waals surface area contributed by atoms with Gasteiger partial charge in [-0.3, -0.25) is 0 Å². The van der Waals surface area contributed by atoms with Crippen LogP contribution in [0.2, 0.25) is 0 Å². The molecule has 0 saturated carbocycles. The summed E-state index contributed by atoms with van der Waals surface area (Å²) in [5.74, 6) is 2.03. The first kappa shape index (κ1) is 28.5. The molecule has 3 heteroatoms. The van der Waals surface area contributed by atoms with Crippen LogP contribution in [0.3, 0.4) is 0 Å². The first-order valence-electron chi connectivity index (χ1n) is 16.7. The van der Waals surface area contributed by atoms with Crippen molar-refractivity contribution in [1.29, 1.82) is 0 Å². The van der Waals surface area contributed by atoms with Crippen molar-refractivity contribution < 1.29 is 0 Å². The molecule has 0 radical (unpaired) electrons. The van der Waals surface area contributed by atoms with Gasteiger partial charge in [-0.15, -0.1) is 0 Å². The Labute approximate surface area is 282 Å². The van der Waals surface area contributed by atoms with E-state index in [1.807, 2.05) is 6.07 Å². The van der Waals surface area contributed by atoms with E-state index in [1.165, 1.54) is 50.1 Å². The van der Waals surface area contributed by atoms with Crippen molar-refractivity contribution in [3.05, 3.63) is 162 Å². The highest BCUT2D eigenvalue weighted by atomic mass is 15.0. The molecule has 9 rings (SSSR count). The fraction of sp³-hybridized carbons (Fsp3) is 0.133. The first-order valence-corrected chi connectivity index (χ1v) is 16.7. The summed E-state index contributed by atoms with van der Waals surface area (Å²) in [5.41, 5.74) is 15.6. The van der Waals surface area contributed by atoms with Gasteiger partial charge in [0.1, 0.15) is 0 Å². The topological polar surface area (TPSA) is 38.7 Å². The summed E-state index contributed by atoms with van der Waals surface area (Å²) in [6, 6.07) is 49.9. The van der Waals surface area contributed by atoms with Crippen molar-refractivity contribution in [1.82, 2.24) is 15.0 Å². The normalized spacial score (nSPS) is 14.6. The Morgan fingerprint density at radius 3 is 1.17 bits per heavy atom. The summed E-state index contributed by atoms with van der Waals surface area (Å²) >= 11 is 0. The highest BCUT2D eigenvalue weighted by Crippen LogP contribution is 2.51. The fourth-order valence-corrected chi connectivity index (χ4v) is 7.89. The third-order valence-corrected chi connectivity index (χ3v) is 10.6. The van der Waals surface area contributed by atoms with Crippen LogP contribution in [-0.2, 0) is 10.8 Å².